The van der Waals surface area contributed by atoms with Crippen LogP contribution < -0.4 is 21.3 Å². The Morgan fingerprint density at radius 3 is 2.25 bits per heavy atom. The molecule has 15 atom stereocenters. The number of ether oxygens (including phenoxy) is 7. The fraction of sp³-hybridized carbons (Fsp3) is 0.633. The monoisotopic (exact) mass is 1720 g/mol. The highest BCUT2D eigenvalue weighted by atomic mass is 16.6. The third-order valence-electron chi connectivity index (χ3n) is 25.4. The molecule has 34 nitrogen and oxygen atoms in total. The summed E-state index contributed by atoms with van der Waals surface area (Å²) in [7, 11) is 4.48. The van der Waals surface area contributed by atoms with Crippen LogP contribution in [0.5, 0.6) is 0 Å². The summed E-state index contributed by atoms with van der Waals surface area (Å²) in [5.41, 5.74) is 11.0. The lowest BCUT2D eigenvalue weighted by Crippen LogP contribution is -2.61. The van der Waals surface area contributed by atoms with Gasteiger partial charge in [0.25, 0.3) is 11.7 Å². The summed E-state index contributed by atoms with van der Waals surface area (Å²) in [6, 6.07) is 2.72. The molecule has 7 N–H and O–H groups in total. The molecule has 2 bridgehead atoms. The predicted octanol–water partition coefficient (Wildman–Crippen LogP) is 7.75. The number of esters is 1. The summed E-state index contributed by atoms with van der Waals surface area (Å²) in [5.74, 6) is -8.18. The zero-order chi connectivity index (χ0) is 88.7. The molecule has 124 heavy (non-hydrogen) atoms. The second kappa shape index (κ2) is 45.4. The number of piperidine rings is 1. The van der Waals surface area contributed by atoms with E-state index in [-0.39, 0.29) is 99.3 Å². The van der Waals surface area contributed by atoms with Gasteiger partial charge in [0.2, 0.25) is 29.5 Å². The van der Waals surface area contributed by atoms with Crippen LogP contribution in [0.4, 0.5) is 16.6 Å². The molecule has 0 radical (unpaired) electrons. The maximum Gasteiger partial charge on any atom is 0.407 e. The molecule has 5 aliphatic heterocycles. The predicted molar refractivity (Wildman–Crippen MR) is 462 cm³/mol. The van der Waals surface area contributed by atoms with Crippen molar-refractivity contribution < 1.29 is 86.5 Å². The number of ketones is 3. The number of rotatable bonds is 25. The molecule has 1 saturated carbocycles. The number of carbonyl (C=O) groups excluding carboxylic acids is 9. The van der Waals surface area contributed by atoms with Crippen LogP contribution in [0.15, 0.2) is 90.8 Å². The first-order chi connectivity index (χ1) is 59.6. The number of aromatic amines is 1. The minimum absolute atomic E-state index is 0.00419. The summed E-state index contributed by atoms with van der Waals surface area (Å²) in [4.78, 5) is 160. The summed E-state index contributed by atoms with van der Waals surface area (Å²) in [5, 5.41) is 36.1. The number of piperazine rings is 2. The number of nitrogens with one attached hydrogen (secondary N) is 3. The largest absolute Gasteiger partial charge is 0.460 e. The first-order valence-electron chi connectivity index (χ1n) is 44.2. The van der Waals surface area contributed by atoms with Crippen LogP contribution in [-0.2, 0) is 84.6 Å². The van der Waals surface area contributed by atoms with E-state index in [4.69, 9.17) is 44.0 Å². The van der Waals surface area contributed by atoms with Crippen molar-refractivity contribution in [1.29, 1.82) is 0 Å². The number of aryl methyl sites for hydroxylation is 1. The van der Waals surface area contributed by atoms with E-state index in [9.17, 15) is 53.4 Å². The average Bonchev–Trinajstić information content (AvgIpc) is 1.56. The SMILES string of the molecule is CO[C@H]1C[C@@H]2CC[C@@H](C)[C@@](O)(O2)C(=O)C(=O)N2CCCC[C@H]2C(=O)O[C@H]([C@H](C)C[C@@H]2CC[C@@H](OC(=O)NCc3cnc(N4CCN(C(=O)CCOCCN5CCN(C(=O)CCC(=O)NCCCCn6nc(-c7cnc8[nH]ccc8c7)c7c(N)ncnc76)CC5)CC4)nc3)[C@H](OC)C2)CC(=O)[C@H](C)/C=C(\C)[C@@H](O)[C@@H](OC)C(=O)[C@H](C)C[C@H](C)/C=C/C=C/C=C/1C. The van der Waals surface area contributed by atoms with Crippen molar-refractivity contribution in [3.8, 4) is 11.3 Å². The number of pyridine rings is 1. The topological polar surface area (TPSA) is 423 Å². The third-order valence-corrected chi connectivity index (χ3v) is 25.4. The first-order valence-corrected chi connectivity index (χ1v) is 44.2. The fourth-order valence-electron chi connectivity index (χ4n) is 17.7. The van der Waals surface area contributed by atoms with E-state index in [2.05, 4.69) is 45.4 Å². The van der Waals surface area contributed by atoms with Crippen molar-refractivity contribution in [1.82, 2.24) is 69.9 Å². The highest BCUT2D eigenvalue weighted by Gasteiger charge is 2.53. The van der Waals surface area contributed by atoms with E-state index in [1.165, 1.54) is 18.3 Å². The number of alkyl carbamates (subject to hydrolysis) is 1. The summed E-state index contributed by atoms with van der Waals surface area (Å²) >= 11 is 0. The Morgan fingerprint density at radius 2 is 1.51 bits per heavy atom. The number of fused-ring (bicyclic) bond motifs is 5. The highest BCUT2D eigenvalue weighted by Crippen LogP contribution is 2.40. The van der Waals surface area contributed by atoms with Gasteiger partial charge < -0.3 is 84.3 Å². The molecule has 0 unspecified atom stereocenters. The number of unbranched alkanes of at least 4 members (excludes halogenated alkanes) is 1. The van der Waals surface area contributed by atoms with E-state index in [1.54, 1.807) is 71.5 Å². The molecule has 1 aliphatic carbocycles. The van der Waals surface area contributed by atoms with Gasteiger partial charge in [-0.2, -0.15) is 5.10 Å². The van der Waals surface area contributed by atoms with Gasteiger partial charge in [0.15, 0.2) is 11.4 Å². The molecule has 5 aromatic rings. The fourth-order valence-corrected chi connectivity index (χ4v) is 17.7. The van der Waals surface area contributed by atoms with Crippen molar-refractivity contribution in [3.63, 3.8) is 0 Å². The van der Waals surface area contributed by atoms with Crippen molar-refractivity contribution >= 4 is 86.9 Å². The quantitative estimate of drug-likeness (QED) is 0.0141. The minimum Gasteiger partial charge on any atom is -0.460 e. The number of anilines is 2. The zero-order valence-electron chi connectivity index (χ0n) is 73.6. The second-order valence-corrected chi connectivity index (χ2v) is 34.4. The number of nitrogen functional groups attached to an aromatic ring is 1. The molecule has 5 aromatic heterocycles. The number of nitrogens with two attached hydrogens (primary N) is 1. The van der Waals surface area contributed by atoms with E-state index in [0.29, 0.717) is 182 Å². The smallest absolute Gasteiger partial charge is 0.407 e. The van der Waals surface area contributed by atoms with Crippen LogP contribution in [0, 0.1) is 35.5 Å². The number of nitrogens with zero attached hydrogens (tertiary/aromatic N) is 12. The lowest BCUT2D eigenvalue weighted by molar-refractivity contribution is -0.265. The Kier molecular flexibility index (Phi) is 34.7. The molecule has 34 heteroatoms. The molecule has 5 fully saturated rings. The summed E-state index contributed by atoms with van der Waals surface area (Å²) < 4.78 is 43.9. The molecule has 5 amide bonds. The molecular formula is C90H128N16O18. The van der Waals surface area contributed by atoms with Crippen LogP contribution >= 0.6 is 0 Å². The van der Waals surface area contributed by atoms with Crippen LogP contribution in [0.25, 0.3) is 33.3 Å². The maximum absolute atomic E-state index is 14.8. The number of methoxy groups -OCH3 is 3. The van der Waals surface area contributed by atoms with Gasteiger partial charge in [-0.05, 0) is 132 Å². The number of amides is 5. The Morgan fingerprint density at radius 1 is 0.758 bits per heavy atom. The van der Waals surface area contributed by atoms with Crippen LogP contribution in [0.3, 0.4) is 0 Å². The summed E-state index contributed by atoms with van der Waals surface area (Å²) in [6.07, 6.45) is 19.2. The minimum atomic E-state index is -2.49. The second-order valence-electron chi connectivity index (χ2n) is 34.4. The Bertz CT molecular complexity index is 4590. The zero-order valence-corrected chi connectivity index (χ0v) is 73.6. The number of carbonyl (C=O) groups is 9. The number of H-pyrrole nitrogens is 1. The number of hydrogen-bond acceptors (Lipinski definition) is 27. The number of cyclic esters (lactones) is 1. The van der Waals surface area contributed by atoms with Gasteiger partial charge in [0.1, 0.15) is 59.7 Å². The highest BCUT2D eigenvalue weighted by molar-refractivity contribution is 6.39. The van der Waals surface area contributed by atoms with E-state index in [0.717, 1.165) is 28.6 Å². The molecule has 4 saturated heterocycles. The number of Topliss-reactive ketones (excluding diaryl/α,β-unsaturated/α-hetero) is 3. The molecular weight excluding hydrogens is 1590 g/mol. The van der Waals surface area contributed by atoms with Gasteiger partial charge in [-0.1, -0.05) is 71.1 Å². The Hall–Kier alpha value is -9.81. The lowest BCUT2D eigenvalue weighted by atomic mass is 9.78. The van der Waals surface area contributed by atoms with Crippen LogP contribution in [0.2, 0.25) is 0 Å². The molecule has 11 rings (SSSR count). The van der Waals surface area contributed by atoms with E-state index < -0.39 is 102 Å². The van der Waals surface area contributed by atoms with Crippen molar-refractivity contribution in [2.45, 2.75) is 225 Å². The third kappa shape index (κ3) is 25.1. The number of aliphatic hydroxyl groups excluding tert-OH is 1. The van der Waals surface area contributed by atoms with Crippen molar-refractivity contribution in [2.75, 3.05) is 117 Å². The number of aliphatic hydroxyl groups is 2. The van der Waals surface area contributed by atoms with Crippen molar-refractivity contribution in [3.05, 3.63) is 96.4 Å². The van der Waals surface area contributed by atoms with Gasteiger partial charge in [-0.3, -0.25) is 38.5 Å². The Balaban J connectivity index is 0.589. The van der Waals surface area contributed by atoms with Gasteiger partial charge in [-0.15, -0.1) is 0 Å². The molecule has 0 aromatic carbocycles. The van der Waals surface area contributed by atoms with Gasteiger partial charge >= 0.3 is 12.1 Å². The standard InChI is InChI=1S/C90H128N16O18/c1-56-18-12-11-13-19-57(2)71(118-8)49-67-23-21-62(7)90(117,124-67)82(113)86(114)105-31-16-14-20-68(105)87(115)122-72(50-69(107)58(3)45-61(6)80(112)81(120-10)79(111)60(5)44-56)59(4)46-63-22-24-70(73(47-63)119-9)123-89(116)97-53-64-51-95-88(96-52-64)104-39-37-103(38-40-104)76(110)28-42-121-43-41-101-33-35-102(36-34-101)75(109)26-25-74(108)92-29-15-17-32-106-85-77(83(91)98-55-99-85)78(100-106)66-48-65-27-30-93-84(65)94-54-66/h11-13,18-19,27,30,45,48,51-52,54-56,58-60,62-63,67-68,70-73,80-81,112,117H,14-17,20-26,28-29,31-44,46-47,49-50,53H2,1-10H3,(H,92,108)(H,93,94)(H,97,116)(H2,91,98,99)/b13-11+,18-12+,57-19+,61-45+/t56-,58-,59-,60-,62-,63+,67+,68+,70-,71+,72+,73-,80-,81+,90-/m1/s1. The van der Waals surface area contributed by atoms with E-state index >= 15 is 0 Å². The summed E-state index contributed by atoms with van der Waals surface area (Å²) in [6.45, 7) is 19.5. The van der Waals surface area contributed by atoms with Gasteiger partial charge in [0.05, 0.1) is 43.3 Å². The maximum atomic E-state index is 14.8. The lowest BCUT2D eigenvalue weighted by Gasteiger charge is -2.42. The molecule has 6 aliphatic rings. The average molecular weight is 1720 g/mol. The van der Waals surface area contributed by atoms with Gasteiger partial charge in [0, 0.05) is 191 Å². The molecule has 676 valence electrons. The van der Waals surface area contributed by atoms with Crippen LogP contribution in [-0.4, -0.2) is 284 Å². The Labute approximate surface area is 725 Å². The number of hydrogen-bond donors (Lipinski definition) is 6. The van der Waals surface area contributed by atoms with Crippen LogP contribution in [0.1, 0.15) is 163 Å². The first kappa shape index (κ1) is 94.9. The molecule has 10 heterocycles. The van der Waals surface area contributed by atoms with Crippen molar-refractivity contribution in [2.24, 2.45) is 35.5 Å². The van der Waals surface area contributed by atoms with E-state index in [1.807, 2.05) is 84.0 Å². The number of allylic oxidation sites excluding steroid dienone is 6. The normalized spacial score (nSPS) is 28.4. The number of aromatic nitrogens is 8. The molecule has 0 spiro atoms. The van der Waals surface area contributed by atoms with Gasteiger partial charge in [-0.25, -0.2) is 39.2 Å².